The number of para-hydroxylation sites is 2. The van der Waals surface area contributed by atoms with E-state index >= 15 is 0 Å². The zero-order valence-corrected chi connectivity index (χ0v) is 31.3. The van der Waals surface area contributed by atoms with Crippen molar-refractivity contribution in [3.63, 3.8) is 0 Å². The van der Waals surface area contributed by atoms with Crippen LogP contribution < -0.4 is 5.32 Å². The number of nitrogens with zero attached hydrogens (tertiary/aromatic N) is 3. The lowest BCUT2D eigenvalue weighted by Gasteiger charge is -2.24. The molecule has 0 bridgehead atoms. The zero-order chi connectivity index (χ0) is 38.2. The molecule has 1 aliphatic heterocycles. The molecule has 1 N–H and O–H groups in total. The molecule has 0 saturated carbocycles. The van der Waals surface area contributed by atoms with Crippen molar-refractivity contribution < 1.29 is 4.42 Å². The molecule has 11 aromatic rings. The fourth-order valence-electron chi connectivity index (χ4n) is 8.86. The third-order valence-corrected chi connectivity index (χ3v) is 11.6. The van der Waals surface area contributed by atoms with Gasteiger partial charge in [-0.2, -0.15) is 0 Å². The average Bonchev–Trinajstić information content (AvgIpc) is 3.83. The van der Waals surface area contributed by atoms with Crippen LogP contribution in [-0.4, -0.2) is 16.2 Å². The molecule has 5 heteroatoms. The van der Waals surface area contributed by atoms with Crippen molar-refractivity contribution in [3.8, 4) is 16.8 Å². The molecular weight excluding hydrogens is 709 g/mol. The number of amidine groups is 2. The summed E-state index contributed by atoms with van der Waals surface area (Å²) in [7, 11) is 0. The van der Waals surface area contributed by atoms with Crippen molar-refractivity contribution in [3.05, 3.63) is 211 Å². The molecule has 1 aliphatic rings. The number of fused-ring (bicyclic) bond motifs is 8. The summed E-state index contributed by atoms with van der Waals surface area (Å²) in [5, 5.41) is 13.0. The summed E-state index contributed by atoms with van der Waals surface area (Å²) < 4.78 is 8.91. The molecule has 9 aromatic carbocycles. The minimum Gasteiger partial charge on any atom is -0.456 e. The highest BCUT2D eigenvalue weighted by molar-refractivity contribution is 6.18. The summed E-state index contributed by atoms with van der Waals surface area (Å²) in [4.78, 5) is 10.7. The third-order valence-electron chi connectivity index (χ3n) is 11.6. The number of nitrogens with one attached hydrogen (secondary N) is 1. The fourth-order valence-corrected chi connectivity index (χ4v) is 8.86. The van der Waals surface area contributed by atoms with E-state index in [-0.39, 0.29) is 0 Å². The number of hydrogen-bond acceptors (Lipinski definition) is 4. The maximum absolute atomic E-state index is 6.48. The maximum atomic E-state index is 6.48. The molecule has 0 saturated heterocycles. The highest BCUT2D eigenvalue weighted by Gasteiger charge is 2.25. The summed E-state index contributed by atoms with van der Waals surface area (Å²) in [6.45, 7) is 0. The number of aromatic nitrogens is 1. The standard InChI is InChI=1S/C53H34N4O/c1-2-14-34(15-3-1)51-54-52(38-26-25-33-13-4-5-16-35(33)29-38)56-53(55-51)39-27-28-46(44(31-39)41-21-12-24-49-50(41)42-20-9-11-23-48(42)58-49)57-45-22-10-8-19-40(45)43-30-36-17-6-7-18-37(36)32-47(43)57/h1-32,53H,(H,54,55,56). The molecule has 0 fully saturated rings. The van der Waals surface area contributed by atoms with Gasteiger partial charge < -0.3 is 14.3 Å². The summed E-state index contributed by atoms with van der Waals surface area (Å²) >= 11 is 0. The van der Waals surface area contributed by atoms with Gasteiger partial charge in [0.15, 0.2) is 6.17 Å². The predicted octanol–water partition coefficient (Wildman–Crippen LogP) is 13.2. The van der Waals surface area contributed by atoms with Crippen LogP contribution in [0.15, 0.2) is 209 Å². The summed E-state index contributed by atoms with van der Waals surface area (Å²) in [5.74, 6) is 1.57. The SMILES string of the molecule is c1ccc(C2=NC(c3ccc(-n4c5ccccc5c5cc6ccccc6cc54)c(-c4cccc5oc6ccccc6c45)c3)N=C(c3ccc4ccccc4c3)N2)cc1. The Morgan fingerprint density at radius 3 is 1.95 bits per heavy atom. The van der Waals surface area contributed by atoms with E-state index in [1.165, 1.54) is 26.9 Å². The highest BCUT2D eigenvalue weighted by atomic mass is 16.3. The Morgan fingerprint density at radius 2 is 1.10 bits per heavy atom. The van der Waals surface area contributed by atoms with Crippen LogP contribution in [0, 0.1) is 0 Å². The Morgan fingerprint density at radius 1 is 0.431 bits per heavy atom. The topological polar surface area (TPSA) is 54.8 Å². The smallest absolute Gasteiger partial charge is 0.169 e. The van der Waals surface area contributed by atoms with E-state index in [0.29, 0.717) is 0 Å². The molecule has 0 aliphatic carbocycles. The van der Waals surface area contributed by atoms with Crippen LogP contribution in [0.1, 0.15) is 22.9 Å². The second-order valence-electron chi connectivity index (χ2n) is 15.0. The van der Waals surface area contributed by atoms with Crippen LogP contribution in [0.25, 0.3) is 82.1 Å². The molecule has 3 heterocycles. The normalized spacial score (nSPS) is 14.4. The first-order valence-corrected chi connectivity index (χ1v) is 19.7. The molecule has 0 radical (unpaired) electrons. The molecule has 0 spiro atoms. The van der Waals surface area contributed by atoms with E-state index in [4.69, 9.17) is 14.4 Å². The molecule has 1 unspecified atom stereocenters. The van der Waals surface area contributed by atoms with E-state index in [1.807, 2.05) is 30.3 Å². The van der Waals surface area contributed by atoms with Crippen LogP contribution in [-0.2, 0) is 0 Å². The highest BCUT2D eigenvalue weighted by Crippen LogP contribution is 2.43. The second kappa shape index (κ2) is 12.9. The third kappa shape index (κ3) is 5.17. The van der Waals surface area contributed by atoms with Crippen molar-refractivity contribution in [2.45, 2.75) is 6.17 Å². The van der Waals surface area contributed by atoms with Gasteiger partial charge in [0.2, 0.25) is 0 Å². The van der Waals surface area contributed by atoms with Gasteiger partial charge in [-0.1, -0.05) is 146 Å². The maximum Gasteiger partial charge on any atom is 0.169 e. The van der Waals surface area contributed by atoms with E-state index < -0.39 is 6.17 Å². The number of hydrogen-bond donors (Lipinski definition) is 1. The molecular formula is C53H34N4O. The molecule has 12 rings (SSSR count). The van der Waals surface area contributed by atoms with Gasteiger partial charge in [-0.15, -0.1) is 0 Å². The number of benzene rings is 9. The van der Waals surface area contributed by atoms with Crippen molar-refractivity contribution in [2.24, 2.45) is 9.98 Å². The minimum absolute atomic E-state index is 0.506. The van der Waals surface area contributed by atoms with Gasteiger partial charge in [-0.05, 0) is 81.2 Å². The van der Waals surface area contributed by atoms with Gasteiger partial charge >= 0.3 is 0 Å². The summed E-state index contributed by atoms with van der Waals surface area (Å²) in [6.07, 6.45) is -0.506. The molecule has 1 atom stereocenters. The molecule has 2 aromatic heterocycles. The number of aliphatic imine (C=N–C) groups is 2. The number of furan rings is 1. The minimum atomic E-state index is -0.506. The van der Waals surface area contributed by atoms with E-state index in [1.54, 1.807) is 0 Å². The Kier molecular flexibility index (Phi) is 7.23. The lowest BCUT2D eigenvalue weighted by Crippen LogP contribution is -2.36. The Labute approximate surface area is 333 Å². The van der Waals surface area contributed by atoms with E-state index in [2.05, 4.69) is 174 Å². The van der Waals surface area contributed by atoms with Gasteiger partial charge in [0, 0.05) is 38.2 Å². The van der Waals surface area contributed by atoms with Gasteiger partial charge in [0.05, 0.1) is 16.7 Å². The molecule has 0 amide bonds. The molecule has 5 nitrogen and oxygen atoms in total. The van der Waals surface area contributed by atoms with Gasteiger partial charge in [-0.25, -0.2) is 9.98 Å². The van der Waals surface area contributed by atoms with Gasteiger partial charge in [0.25, 0.3) is 0 Å². The average molecular weight is 743 g/mol. The van der Waals surface area contributed by atoms with Crippen LogP contribution in [0.3, 0.4) is 0 Å². The largest absolute Gasteiger partial charge is 0.456 e. The van der Waals surface area contributed by atoms with Crippen LogP contribution in [0.5, 0.6) is 0 Å². The Bertz CT molecular complexity index is 3500. The van der Waals surface area contributed by atoms with Crippen molar-refractivity contribution in [2.75, 3.05) is 0 Å². The predicted molar refractivity (Wildman–Crippen MR) is 240 cm³/mol. The second-order valence-corrected chi connectivity index (χ2v) is 15.0. The van der Waals surface area contributed by atoms with Crippen molar-refractivity contribution in [1.82, 2.24) is 9.88 Å². The summed E-state index contributed by atoms with van der Waals surface area (Å²) in [6, 6.07) is 68.8. The monoisotopic (exact) mass is 742 g/mol. The quantitative estimate of drug-likeness (QED) is 0.191. The van der Waals surface area contributed by atoms with Gasteiger partial charge in [-0.3, -0.25) is 0 Å². The molecule has 272 valence electrons. The molecule has 58 heavy (non-hydrogen) atoms. The first kappa shape index (κ1) is 32.5. The zero-order valence-electron chi connectivity index (χ0n) is 31.3. The van der Waals surface area contributed by atoms with Crippen LogP contribution in [0.2, 0.25) is 0 Å². The van der Waals surface area contributed by atoms with E-state index in [9.17, 15) is 0 Å². The van der Waals surface area contributed by atoms with Crippen LogP contribution in [0.4, 0.5) is 0 Å². The number of rotatable bonds is 5. The fraction of sp³-hybridized carbons (Fsp3) is 0.0189. The lowest BCUT2D eigenvalue weighted by molar-refractivity contribution is 0.669. The van der Waals surface area contributed by atoms with Gasteiger partial charge in [0.1, 0.15) is 22.8 Å². The first-order valence-electron chi connectivity index (χ1n) is 19.7. The van der Waals surface area contributed by atoms with Crippen molar-refractivity contribution in [1.29, 1.82) is 0 Å². The lowest BCUT2D eigenvalue weighted by atomic mass is 9.95. The Balaban J connectivity index is 1.13. The Hall–Kier alpha value is -7.76. The van der Waals surface area contributed by atoms with Crippen molar-refractivity contribution >= 4 is 77.0 Å². The summed E-state index contributed by atoms with van der Waals surface area (Å²) in [5.41, 5.74) is 10.3. The van der Waals surface area contributed by atoms with E-state index in [0.717, 1.165) is 83.5 Å². The van der Waals surface area contributed by atoms with Crippen LogP contribution >= 0.6 is 0 Å². The first-order chi connectivity index (χ1) is 28.7.